The number of ether oxygens (including phenoxy) is 1. The molecule has 4 rings (SSSR count). The van der Waals surface area contributed by atoms with Crippen LogP contribution in [0.25, 0.3) is 11.3 Å². The van der Waals surface area contributed by atoms with Crippen molar-refractivity contribution in [1.29, 1.82) is 0 Å². The molecule has 0 atom stereocenters. The molecule has 36 heavy (non-hydrogen) atoms. The summed E-state index contributed by atoms with van der Waals surface area (Å²) < 4.78 is 7.83. The van der Waals surface area contributed by atoms with Crippen LogP contribution in [0, 0.1) is 13.8 Å². The highest BCUT2D eigenvalue weighted by Crippen LogP contribution is 2.32. The number of nitrogens with one attached hydrogen (secondary N) is 1. The van der Waals surface area contributed by atoms with Gasteiger partial charge >= 0.3 is 0 Å². The number of anilines is 1. The van der Waals surface area contributed by atoms with E-state index in [0.717, 1.165) is 22.4 Å². The Kier molecular flexibility index (Phi) is 8.68. The molecule has 0 aliphatic carbocycles. The molecule has 11 heteroatoms. The molecule has 0 bridgehead atoms. The van der Waals surface area contributed by atoms with E-state index < -0.39 is 0 Å². The highest BCUT2D eigenvalue weighted by atomic mass is 35.5. The van der Waals surface area contributed by atoms with Crippen molar-refractivity contribution in [2.24, 2.45) is 0 Å². The van der Waals surface area contributed by atoms with Gasteiger partial charge in [-0.1, -0.05) is 47.1 Å². The Morgan fingerprint density at radius 2 is 1.97 bits per heavy atom. The van der Waals surface area contributed by atoms with Crippen molar-refractivity contribution in [2.45, 2.75) is 32.2 Å². The Balaban J connectivity index is 1.37. The standard InChI is InChI=1S/C25H23Cl2N5O2S2/c1-4-7-32-22(12-34-18-9-15(2)8-16(3)10-18)30-31-25(32)36-14-23(33)29-24-28-21(13-35-24)19-6-5-17(26)11-20(19)27/h4-6,8-11,13H,1,7,12,14H2,2-3H3,(H,28,29,33). The van der Waals surface area contributed by atoms with Gasteiger partial charge in [0.25, 0.3) is 0 Å². The number of aromatic nitrogens is 4. The number of rotatable bonds is 10. The molecule has 2 aromatic carbocycles. The number of nitrogens with zero attached hydrogens (tertiary/aromatic N) is 4. The summed E-state index contributed by atoms with van der Waals surface area (Å²) >= 11 is 14.8. The Morgan fingerprint density at radius 3 is 2.69 bits per heavy atom. The molecule has 7 nitrogen and oxygen atoms in total. The molecule has 186 valence electrons. The van der Waals surface area contributed by atoms with Crippen molar-refractivity contribution in [1.82, 2.24) is 19.7 Å². The lowest BCUT2D eigenvalue weighted by Crippen LogP contribution is -2.15. The maximum atomic E-state index is 12.6. The number of carbonyl (C=O) groups is 1. The van der Waals surface area contributed by atoms with E-state index in [9.17, 15) is 4.79 Å². The molecule has 2 aromatic heterocycles. The molecule has 2 heterocycles. The second-order valence-corrected chi connectivity index (χ2v) is 10.6. The van der Waals surface area contributed by atoms with E-state index in [-0.39, 0.29) is 18.3 Å². The van der Waals surface area contributed by atoms with E-state index in [0.29, 0.717) is 38.4 Å². The molecular formula is C25H23Cl2N5O2S2. The van der Waals surface area contributed by atoms with Crippen LogP contribution in [-0.2, 0) is 17.9 Å². The molecule has 4 aromatic rings. The first-order valence-corrected chi connectivity index (χ1v) is 13.5. The minimum atomic E-state index is -0.204. The number of halogens is 2. The Bertz CT molecular complexity index is 1380. The Morgan fingerprint density at radius 1 is 1.19 bits per heavy atom. The third kappa shape index (κ3) is 6.67. The average molecular weight is 561 g/mol. The van der Waals surface area contributed by atoms with Gasteiger partial charge in [-0.05, 0) is 55.3 Å². The number of allylic oxidation sites excluding steroid dienone is 1. The summed E-state index contributed by atoms with van der Waals surface area (Å²) in [6.07, 6.45) is 1.76. The summed E-state index contributed by atoms with van der Waals surface area (Å²) in [5.41, 5.74) is 3.68. The van der Waals surface area contributed by atoms with Gasteiger partial charge in [0.15, 0.2) is 16.1 Å². The second kappa shape index (κ2) is 11.9. The van der Waals surface area contributed by atoms with Crippen LogP contribution < -0.4 is 10.1 Å². The summed E-state index contributed by atoms with van der Waals surface area (Å²) in [6.45, 7) is 8.63. The predicted molar refractivity (Wildman–Crippen MR) is 147 cm³/mol. The van der Waals surface area contributed by atoms with Gasteiger partial charge in [0.05, 0.1) is 16.5 Å². The van der Waals surface area contributed by atoms with Gasteiger partial charge < -0.3 is 10.1 Å². The molecule has 0 spiro atoms. The van der Waals surface area contributed by atoms with E-state index >= 15 is 0 Å². The van der Waals surface area contributed by atoms with Crippen molar-refractivity contribution in [3.05, 3.63) is 81.4 Å². The number of amides is 1. The number of thiazole rings is 1. The number of hydrogen-bond donors (Lipinski definition) is 1. The number of benzene rings is 2. The summed E-state index contributed by atoms with van der Waals surface area (Å²) in [7, 11) is 0. The van der Waals surface area contributed by atoms with Crippen molar-refractivity contribution < 1.29 is 9.53 Å². The third-order valence-electron chi connectivity index (χ3n) is 4.96. The predicted octanol–water partition coefficient (Wildman–Crippen LogP) is 6.82. The van der Waals surface area contributed by atoms with Crippen LogP contribution in [0.15, 0.2) is 59.6 Å². The normalized spacial score (nSPS) is 10.9. The number of aryl methyl sites for hydroxylation is 2. The lowest BCUT2D eigenvalue weighted by molar-refractivity contribution is -0.113. The van der Waals surface area contributed by atoms with Gasteiger partial charge in [0.1, 0.15) is 12.4 Å². The van der Waals surface area contributed by atoms with Crippen LogP contribution >= 0.6 is 46.3 Å². The SMILES string of the molecule is C=CCn1c(COc2cc(C)cc(C)c2)nnc1SCC(=O)Nc1nc(-c2ccc(Cl)cc2Cl)cs1. The molecule has 0 fully saturated rings. The highest BCUT2D eigenvalue weighted by Gasteiger charge is 2.16. The van der Waals surface area contributed by atoms with Gasteiger partial charge in [0.2, 0.25) is 5.91 Å². The van der Waals surface area contributed by atoms with E-state index in [4.69, 9.17) is 27.9 Å². The minimum Gasteiger partial charge on any atom is -0.486 e. The van der Waals surface area contributed by atoms with Gasteiger partial charge in [-0.2, -0.15) is 0 Å². The average Bonchev–Trinajstić information content (AvgIpc) is 3.43. The molecule has 0 radical (unpaired) electrons. The molecule has 0 aliphatic rings. The van der Waals surface area contributed by atoms with Crippen molar-refractivity contribution in [3.8, 4) is 17.0 Å². The first kappa shape index (κ1) is 26.2. The fourth-order valence-electron chi connectivity index (χ4n) is 3.45. The summed E-state index contributed by atoms with van der Waals surface area (Å²) in [5.74, 6) is 1.37. The van der Waals surface area contributed by atoms with Crippen LogP contribution in [-0.4, -0.2) is 31.4 Å². The zero-order valence-corrected chi connectivity index (χ0v) is 22.8. The molecule has 0 saturated heterocycles. The van der Waals surface area contributed by atoms with E-state index in [1.54, 1.807) is 24.3 Å². The van der Waals surface area contributed by atoms with E-state index in [1.807, 2.05) is 35.9 Å². The van der Waals surface area contributed by atoms with Crippen LogP contribution in [0.3, 0.4) is 0 Å². The topological polar surface area (TPSA) is 81.9 Å². The van der Waals surface area contributed by atoms with Crippen molar-refractivity contribution >= 4 is 57.3 Å². The first-order chi connectivity index (χ1) is 17.3. The van der Waals surface area contributed by atoms with Crippen molar-refractivity contribution in [2.75, 3.05) is 11.1 Å². The van der Waals surface area contributed by atoms with Crippen LogP contribution in [0.2, 0.25) is 10.0 Å². The largest absolute Gasteiger partial charge is 0.486 e. The molecule has 1 amide bonds. The molecule has 0 unspecified atom stereocenters. The molecule has 1 N–H and O–H groups in total. The summed E-state index contributed by atoms with van der Waals surface area (Å²) in [6, 6.07) is 11.3. The van der Waals surface area contributed by atoms with Crippen LogP contribution in [0.1, 0.15) is 17.0 Å². The van der Waals surface area contributed by atoms with Crippen LogP contribution in [0.5, 0.6) is 5.75 Å². The zero-order valence-electron chi connectivity index (χ0n) is 19.6. The van der Waals surface area contributed by atoms with Gasteiger partial charge in [-0.15, -0.1) is 28.1 Å². The number of carbonyl (C=O) groups excluding carboxylic acids is 1. The molecular weight excluding hydrogens is 537 g/mol. The molecule has 0 saturated carbocycles. The maximum absolute atomic E-state index is 12.6. The summed E-state index contributed by atoms with van der Waals surface area (Å²) in [5, 5.41) is 15.3. The van der Waals surface area contributed by atoms with Gasteiger partial charge in [0, 0.05) is 22.5 Å². The number of thioether (sulfide) groups is 1. The van der Waals surface area contributed by atoms with E-state index in [2.05, 4.69) is 33.1 Å². The fourth-order valence-corrected chi connectivity index (χ4v) is 5.45. The smallest absolute Gasteiger partial charge is 0.236 e. The van der Waals surface area contributed by atoms with Gasteiger partial charge in [-0.3, -0.25) is 9.36 Å². The quantitative estimate of drug-likeness (QED) is 0.169. The zero-order chi connectivity index (χ0) is 25.7. The second-order valence-electron chi connectivity index (χ2n) is 7.91. The van der Waals surface area contributed by atoms with Crippen LogP contribution in [0.4, 0.5) is 5.13 Å². The lowest BCUT2D eigenvalue weighted by atomic mass is 10.1. The number of hydrogen-bond acceptors (Lipinski definition) is 7. The Labute approximate surface area is 227 Å². The monoisotopic (exact) mass is 559 g/mol. The third-order valence-corrected chi connectivity index (χ3v) is 7.23. The molecule has 0 aliphatic heterocycles. The van der Waals surface area contributed by atoms with Gasteiger partial charge in [-0.25, -0.2) is 4.98 Å². The van der Waals surface area contributed by atoms with E-state index in [1.165, 1.54) is 23.1 Å². The Hall–Kier alpha value is -2.85. The maximum Gasteiger partial charge on any atom is 0.236 e. The highest BCUT2D eigenvalue weighted by molar-refractivity contribution is 7.99. The lowest BCUT2D eigenvalue weighted by Gasteiger charge is -2.10. The fraction of sp³-hybridized carbons (Fsp3) is 0.200. The summed E-state index contributed by atoms with van der Waals surface area (Å²) in [4.78, 5) is 17.1. The first-order valence-electron chi connectivity index (χ1n) is 10.9. The van der Waals surface area contributed by atoms with Crippen molar-refractivity contribution in [3.63, 3.8) is 0 Å². The minimum absolute atomic E-state index is 0.143.